The first kappa shape index (κ1) is 15.2. The summed E-state index contributed by atoms with van der Waals surface area (Å²) < 4.78 is 5.29. The van der Waals surface area contributed by atoms with Gasteiger partial charge in [-0.25, -0.2) is 4.98 Å². The van der Waals surface area contributed by atoms with Crippen LogP contribution in [0.3, 0.4) is 0 Å². The molecule has 1 N–H and O–H groups in total. The Morgan fingerprint density at radius 1 is 1.33 bits per heavy atom. The van der Waals surface area contributed by atoms with Crippen LogP contribution < -0.4 is 5.56 Å². The molecule has 0 saturated carbocycles. The Balaban J connectivity index is 2.22. The number of aromatic nitrogens is 2. The summed E-state index contributed by atoms with van der Waals surface area (Å²) in [7, 11) is 0. The zero-order valence-corrected chi connectivity index (χ0v) is 12.8. The topological polar surface area (TPSA) is 72.0 Å². The number of carbonyl (C=O) groups excluding carboxylic acids is 1. The highest BCUT2D eigenvalue weighted by Crippen LogP contribution is 2.18. The van der Waals surface area contributed by atoms with Crippen molar-refractivity contribution in [3.8, 4) is 0 Å². The lowest BCUT2D eigenvalue weighted by Crippen LogP contribution is -2.25. The fourth-order valence-electron chi connectivity index (χ4n) is 2.07. The molecular weight excluding hydrogens is 268 g/mol. The van der Waals surface area contributed by atoms with Crippen molar-refractivity contribution in [1.82, 2.24) is 9.97 Å². The van der Waals surface area contributed by atoms with Gasteiger partial charge in [0, 0.05) is 5.92 Å². The van der Waals surface area contributed by atoms with Crippen molar-refractivity contribution >= 4 is 16.9 Å². The Morgan fingerprint density at radius 2 is 2.00 bits per heavy atom. The van der Waals surface area contributed by atoms with Crippen LogP contribution in [0.25, 0.3) is 10.9 Å². The number of H-pyrrole nitrogens is 1. The molecule has 2 aromatic rings. The third-order valence-corrected chi connectivity index (χ3v) is 2.99. The smallest absolute Gasteiger partial charge is 0.307 e. The standard InChI is InChI=1S/C16H20N2O3/c1-10(9-13(19)21-16(2,3)4)14-17-12-8-6-5-7-11(12)15(20)18-14/h5-8,10H,9H2,1-4H3,(H,17,18,20)/t10-/m0/s1. The van der Waals surface area contributed by atoms with E-state index in [2.05, 4.69) is 9.97 Å². The number of benzene rings is 1. The molecule has 1 atom stereocenters. The van der Waals surface area contributed by atoms with E-state index in [4.69, 9.17) is 4.74 Å². The number of rotatable bonds is 3. The highest BCUT2D eigenvalue weighted by atomic mass is 16.6. The minimum absolute atomic E-state index is 0.179. The van der Waals surface area contributed by atoms with Crippen molar-refractivity contribution in [2.45, 2.75) is 45.6 Å². The normalized spacial score (nSPS) is 13.1. The molecule has 0 saturated heterocycles. The summed E-state index contributed by atoms with van der Waals surface area (Å²) in [6.07, 6.45) is 0.179. The average molecular weight is 288 g/mol. The van der Waals surface area contributed by atoms with Gasteiger partial charge in [-0.2, -0.15) is 0 Å². The Bertz CT molecular complexity index is 713. The lowest BCUT2D eigenvalue weighted by atomic mass is 10.1. The van der Waals surface area contributed by atoms with Gasteiger partial charge in [0.25, 0.3) is 5.56 Å². The van der Waals surface area contributed by atoms with Crippen molar-refractivity contribution in [1.29, 1.82) is 0 Å². The highest BCUT2D eigenvalue weighted by molar-refractivity contribution is 5.77. The number of fused-ring (bicyclic) bond motifs is 1. The van der Waals surface area contributed by atoms with Crippen LogP contribution in [-0.4, -0.2) is 21.5 Å². The Kier molecular flexibility index (Phi) is 4.11. The Hall–Kier alpha value is -2.17. The summed E-state index contributed by atoms with van der Waals surface area (Å²) in [5, 5.41) is 0.547. The van der Waals surface area contributed by atoms with Crippen LogP contribution in [0.4, 0.5) is 0 Å². The predicted octanol–water partition coefficient (Wildman–Crippen LogP) is 2.76. The molecule has 21 heavy (non-hydrogen) atoms. The molecule has 5 heteroatoms. The van der Waals surface area contributed by atoms with Crippen molar-refractivity contribution in [2.75, 3.05) is 0 Å². The monoisotopic (exact) mass is 288 g/mol. The summed E-state index contributed by atoms with van der Waals surface area (Å²) in [4.78, 5) is 31.0. The maximum absolute atomic E-state index is 12.0. The number of hydrogen-bond donors (Lipinski definition) is 1. The van der Waals surface area contributed by atoms with Crippen LogP contribution in [0.1, 0.15) is 45.9 Å². The summed E-state index contributed by atoms with van der Waals surface area (Å²) in [5.41, 5.74) is -0.0694. The van der Waals surface area contributed by atoms with Crippen LogP contribution >= 0.6 is 0 Å². The van der Waals surface area contributed by atoms with Crippen molar-refractivity contribution in [3.63, 3.8) is 0 Å². The van der Waals surface area contributed by atoms with Crippen LogP contribution in [0.15, 0.2) is 29.1 Å². The Labute approximate surface area is 123 Å². The van der Waals surface area contributed by atoms with Crippen molar-refractivity contribution in [3.05, 3.63) is 40.4 Å². The highest BCUT2D eigenvalue weighted by Gasteiger charge is 2.20. The maximum atomic E-state index is 12.0. The molecule has 0 aliphatic carbocycles. The third kappa shape index (κ3) is 3.90. The van der Waals surface area contributed by atoms with E-state index in [0.717, 1.165) is 0 Å². The van der Waals surface area contributed by atoms with E-state index in [9.17, 15) is 9.59 Å². The quantitative estimate of drug-likeness (QED) is 0.881. The number of nitrogens with zero attached hydrogens (tertiary/aromatic N) is 1. The molecule has 5 nitrogen and oxygen atoms in total. The summed E-state index contributed by atoms with van der Waals surface area (Å²) in [6.45, 7) is 7.32. The second-order valence-electron chi connectivity index (χ2n) is 6.16. The molecule has 0 spiro atoms. The first-order chi connectivity index (χ1) is 9.76. The molecule has 0 aliphatic rings. The van der Waals surface area contributed by atoms with Gasteiger partial charge >= 0.3 is 5.97 Å². The van der Waals surface area contributed by atoms with Crippen molar-refractivity contribution in [2.24, 2.45) is 0 Å². The van der Waals surface area contributed by atoms with Gasteiger partial charge in [-0.15, -0.1) is 0 Å². The van der Waals surface area contributed by atoms with Gasteiger partial charge in [-0.05, 0) is 32.9 Å². The first-order valence-electron chi connectivity index (χ1n) is 6.97. The van der Waals surface area contributed by atoms with Gasteiger partial charge in [0.15, 0.2) is 0 Å². The lowest BCUT2D eigenvalue weighted by molar-refractivity contribution is -0.155. The molecule has 1 aromatic heterocycles. The second-order valence-corrected chi connectivity index (χ2v) is 6.16. The van der Waals surface area contributed by atoms with Gasteiger partial charge in [-0.1, -0.05) is 19.1 Å². The number of aromatic amines is 1. The fraction of sp³-hybridized carbons (Fsp3) is 0.438. The molecule has 1 heterocycles. The number of ether oxygens (including phenoxy) is 1. The van der Waals surface area contributed by atoms with Gasteiger partial charge in [0.05, 0.1) is 17.3 Å². The zero-order valence-electron chi connectivity index (χ0n) is 12.8. The predicted molar refractivity (Wildman–Crippen MR) is 81.2 cm³/mol. The molecule has 1 aromatic carbocycles. The molecule has 0 amide bonds. The molecule has 0 fully saturated rings. The van der Waals surface area contributed by atoms with E-state index >= 15 is 0 Å². The number of hydrogen-bond acceptors (Lipinski definition) is 4. The maximum Gasteiger partial charge on any atom is 0.307 e. The number of para-hydroxylation sites is 1. The van der Waals surface area contributed by atoms with Crippen molar-refractivity contribution < 1.29 is 9.53 Å². The van der Waals surface area contributed by atoms with Crippen LogP contribution in [-0.2, 0) is 9.53 Å². The largest absolute Gasteiger partial charge is 0.460 e. The number of carbonyl (C=O) groups is 1. The lowest BCUT2D eigenvalue weighted by Gasteiger charge is -2.20. The van der Waals surface area contributed by atoms with Gasteiger partial charge < -0.3 is 9.72 Å². The van der Waals surface area contributed by atoms with E-state index < -0.39 is 5.60 Å². The molecule has 2 rings (SSSR count). The molecule has 112 valence electrons. The SMILES string of the molecule is C[C@@H](CC(=O)OC(C)(C)C)c1nc2ccccc2c(=O)[nH]1. The Morgan fingerprint density at radius 3 is 2.67 bits per heavy atom. The van der Waals surface area contributed by atoms with E-state index in [1.54, 1.807) is 18.2 Å². The van der Waals surface area contributed by atoms with Gasteiger partial charge in [0.1, 0.15) is 11.4 Å². The summed E-state index contributed by atoms with van der Waals surface area (Å²) >= 11 is 0. The summed E-state index contributed by atoms with van der Waals surface area (Å²) in [6, 6.07) is 7.14. The number of nitrogens with one attached hydrogen (secondary N) is 1. The summed E-state index contributed by atoms with van der Waals surface area (Å²) in [5.74, 6) is -0.00692. The zero-order chi connectivity index (χ0) is 15.6. The molecule has 0 unspecified atom stereocenters. The van der Waals surface area contributed by atoms with Gasteiger partial charge in [-0.3, -0.25) is 9.59 Å². The second kappa shape index (κ2) is 5.68. The molecule has 0 bridgehead atoms. The minimum Gasteiger partial charge on any atom is -0.460 e. The first-order valence-corrected chi connectivity index (χ1v) is 6.97. The molecule has 0 radical (unpaired) electrons. The number of esters is 1. The van der Waals surface area contributed by atoms with Crippen LogP contribution in [0.5, 0.6) is 0 Å². The minimum atomic E-state index is -0.513. The molecular formula is C16H20N2O3. The van der Waals surface area contributed by atoms with E-state index in [0.29, 0.717) is 16.7 Å². The van der Waals surface area contributed by atoms with Crippen LogP contribution in [0, 0.1) is 0 Å². The fourth-order valence-corrected chi connectivity index (χ4v) is 2.07. The van der Waals surface area contributed by atoms with E-state index in [1.807, 2.05) is 33.8 Å². The molecule has 0 aliphatic heterocycles. The van der Waals surface area contributed by atoms with E-state index in [-0.39, 0.29) is 23.9 Å². The van der Waals surface area contributed by atoms with E-state index in [1.165, 1.54) is 0 Å². The van der Waals surface area contributed by atoms with Crippen LogP contribution in [0.2, 0.25) is 0 Å². The average Bonchev–Trinajstić information content (AvgIpc) is 2.36. The van der Waals surface area contributed by atoms with Gasteiger partial charge in [0.2, 0.25) is 0 Å². The third-order valence-electron chi connectivity index (χ3n) is 2.99.